The summed E-state index contributed by atoms with van der Waals surface area (Å²) in [6.45, 7) is 2.83. The molecule has 1 saturated heterocycles. The molecule has 0 amide bonds. The lowest BCUT2D eigenvalue weighted by Gasteiger charge is -2.22. The lowest BCUT2D eigenvalue weighted by molar-refractivity contribution is -0.148. The molecule has 1 aliphatic heterocycles. The molecule has 0 saturated carbocycles. The van der Waals surface area contributed by atoms with Gasteiger partial charge in [0, 0.05) is 23.8 Å². The highest BCUT2D eigenvalue weighted by molar-refractivity contribution is 6.03. The Morgan fingerprint density at radius 1 is 1.15 bits per heavy atom. The molecule has 0 bridgehead atoms. The molecule has 1 fully saturated rings. The van der Waals surface area contributed by atoms with Gasteiger partial charge < -0.3 is 14.2 Å². The van der Waals surface area contributed by atoms with Crippen molar-refractivity contribution in [1.82, 2.24) is 4.57 Å². The van der Waals surface area contributed by atoms with E-state index in [2.05, 4.69) is 0 Å². The van der Waals surface area contributed by atoms with Gasteiger partial charge >= 0.3 is 5.97 Å². The quantitative estimate of drug-likeness (QED) is 0.378. The first kappa shape index (κ1) is 22.8. The first-order valence-corrected chi connectivity index (χ1v) is 11.3. The number of aromatic nitrogens is 1. The van der Waals surface area contributed by atoms with Crippen LogP contribution >= 0.6 is 0 Å². The number of esters is 1. The second kappa shape index (κ2) is 10.5. The minimum atomic E-state index is -0.332. The minimum absolute atomic E-state index is 0.0325. The molecular formula is C27H29NO5. The molecular weight excluding hydrogens is 418 g/mol. The molecule has 33 heavy (non-hydrogen) atoms. The number of rotatable bonds is 7. The van der Waals surface area contributed by atoms with Gasteiger partial charge in [0.15, 0.2) is 0 Å². The SMILES string of the molecule is COc1ccc2c(c1)c(CC(=O)OCC1CCCCO1)c(C)n2C(=O)/C=C/c1ccccc1. The third-order valence-electron chi connectivity index (χ3n) is 6.01. The van der Waals surface area contributed by atoms with E-state index in [1.807, 2.05) is 55.5 Å². The zero-order valence-corrected chi connectivity index (χ0v) is 19.1. The molecule has 0 aliphatic carbocycles. The monoisotopic (exact) mass is 447 g/mol. The van der Waals surface area contributed by atoms with E-state index in [0.29, 0.717) is 18.1 Å². The Morgan fingerprint density at radius 3 is 2.70 bits per heavy atom. The second-order valence-corrected chi connectivity index (χ2v) is 8.21. The van der Waals surface area contributed by atoms with Gasteiger partial charge in [-0.25, -0.2) is 0 Å². The molecule has 6 heteroatoms. The lowest BCUT2D eigenvalue weighted by atomic mass is 10.1. The third kappa shape index (κ3) is 5.34. The van der Waals surface area contributed by atoms with E-state index >= 15 is 0 Å². The predicted octanol–water partition coefficient (Wildman–Crippen LogP) is 4.97. The summed E-state index contributed by atoms with van der Waals surface area (Å²) in [6.07, 6.45) is 6.43. The fourth-order valence-corrected chi connectivity index (χ4v) is 4.22. The lowest BCUT2D eigenvalue weighted by Crippen LogP contribution is -2.26. The normalized spacial score (nSPS) is 16.2. The fraction of sp³-hybridized carbons (Fsp3) is 0.333. The third-order valence-corrected chi connectivity index (χ3v) is 6.01. The van der Waals surface area contributed by atoms with Crippen molar-refractivity contribution in [3.8, 4) is 5.75 Å². The van der Waals surface area contributed by atoms with Gasteiger partial charge in [-0.2, -0.15) is 0 Å². The van der Waals surface area contributed by atoms with E-state index in [-0.39, 0.29) is 31.0 Å². The van der Waals surface area contributed by atoms with Gasteiger partial charge in [0.2, 0.25) is 0 Å². The first-order valence-electron chi connectivity index (χ1n) is 11.3. The van der Waals surface area contributed by atoms with Crippen molar-refractivity contribution in [3.05, 3.63) is 71.4 Å². The summed E-state index contributed by atoms with van der Waals surface area (Å²) in [5.41, 5.74) is 3.15. The fourth-order valence-electron chi connectivity index (χ4n) is 4.22. The molecule has 2 heterocycles. The molecule has 1 aromatic heterocycles. The van der Waals surface area contributed by atoms with Crippen LogP contribution in [0, 0.1) is 6.92 Å². The van der Waals surface area contributed by atoms with E-state index in [9.17, 15) is 9.59 Å². The van der Waals surface area contributed by atoms with Crippen LogP contribution in [0.2, 0.25) is 0 Å². The number of hydrogen-bond donors (Lipinski definition) is 0. The van der Waals surface area contributed by atoms with Gasteiger partial charge in [0.25, 0.3) is 5.91 Å². The molecule has 4 rings (SSSR count). The highest BCUT2D eigenvalue weighted by Crippen LogP contribution is 2.30. The smallest absolute Gasteiger partial charge is 0.310 e. The van der Waals surface area contributed by atoms with E-state index in [4.69, 9.17) is 14.2 Å². The molecule has 1 unspecified atom stereocenters. The van der Waals surface area contributed by atoms with Crippen LogP contribution in [0.15, 0.2) is 54.6 Å². The number of carbonyl (C=O) groups is 2. The van der Waals surface area contributed by atoms with Crippen molar-refractivity contribution in [1.29, 1.82) is 0 Å². The van der Waals surface area contributed by atoms with Gasteiger partial charge in [-0.05, 0) is 61.6 Å². The summed E-state index contributed by atoms with van der Waals surface area (Å²) in [5.74, 6) is 0.153. The summed E-state index contributed by atoms with van der Waals surface area (Å²) in [7, 11) is 1.59. The second-order valence-electron chi connectivity index (χ2n) is 8.21. The van der Waals surface area contributed by atoms with Crippen molar-refractivity contribution >= 4 is 28.9 Å². The number of fused-ring (bicyclic) bond motifs is 1. The van der Waals surface area contributed by atoms with Gasteiger partial charge in [0.05, 0.1) is 25.2 Å². The Kier molecular flexibility index (Phi) is 7.25. The summed E-state index contributed by atoms with van der Waals surface area (Å²) < 4.78 is 18.2. The van der Waals surface area contributed by atoms with Crippen LogP contribution in [-0.2, 0) is 20.7 Å². The Hall–Kier alpha value is -3.38. The van der Waals surface area contributed by atoms with Crippen molar-refractivity contribution in [3.63, 3.8) is 0 Å². The van der Waals surface area contributed by atoms with Crippen molar-refractivity contribution in [2.45, 2.75) is 38.7 Å². The van der Waals surface area contributed by atoms with Crippen molar-refractivity contribution in [2.24, 2.45) is 0 Å². The Labute approximate surface area is 193 Å². The highest BCUT2D eigenvalue weighted by atomic mass is 16.6. The van der Waals surface area contributed by atoms with E-state index in [1.165, 1.54) is 0 Å². The van der Waals surface area contributed by atoms with E-state index < -0.39 is 0 Å². The number of ether oxygens (including phenoxy) is 3. The number of hydrogen-bond acceptors (Lipinski definition) is 5. The van der Waals surface area contributed by atoms with Gasteiger partial charge in [-0.3, -0.25) is 14.2 Å². The number of methoxy groups -OCH3 is 1. The molecule has 172 valence electrons. The van der Waals surface area contributed by atoms with Crippen molar-refractivity contribution in [2.75, 3.05) is 20.3 Å². The van der Waals surface area contributed by atoms with Gasteiger partial charge in [-0.1, -0.05) is 30.3 Å². The number of nitrogens with zero attached hydrogens (tertiary/aromatic N) is 1. The molecule has 0 N–H and O–H groups in total. The highest BCUT2D eigenvalue weighted by Gasteiger charge is 2.22. The van der Waals surface area contributed by atoms with Crippen LogP contribution in [0.5, 0.6) is 5.75 Å². The molecule has 3 aromatic rings. The zero-order valence-electron chi connectivity index (χ0n) is 19.1. The molecule has 0 spiro atoms. The van der Waals surface area contributed by atoms with Gasteiger partial charge in [0.1, 0.15) is 12.4 Å². The molecule has 1 aliphatic rings. The zero-order chi connectivity index (χ0) is 23.2. The maximum absolute atomic E-state index is 13.2. The summed E-state index contributed by atoms with van der Waals surface area (Å²) in [5, 5.41) is 0.805. The average Bonchev–Trinajstić information content (AvgIpc) is 3.13. The maximum atomic E-state index is 13.2. The first-order chi connectivity index (χ1) is 16.1. The molecule has 2 aromatic carbocycles. The number of benzene rings is 2. The predicted molar refractivity (Wildman–Crippen MR) is 128 cm³/mol. The van der Waals surface area contributed by atoms with Crippen LogP contribution in [0.25, 0.3) is 17.0 Å². The maximum Gasteiger partial charge on any atom is 0.310 e. The largest absolute Gasteiger partial charge is 0.497 e. The van der Waals surface area contributed by atoms with Crippen molar-refractivity contribution < 1.29 is 23.8 Å². The Balaban J connectivity index is 1.60. The summed E-state index contributed by atoms with van der Waals surface area (Å²) >= 11 is 0. The Bertz CT molecular complexity index is 1160. The van der Waals surface area contributed by atoms with Crippen LogP contribution < -0.4 is 4.74 Å². The van der Waals surface area contributed by atoms with Crippen LogP contribution in [-0.4, -0.2) is 42.9 Å². The Morgan fingerprint density at radius 2 is 1.97 bits per heavy atom. The molecule has 0 radical (unpaired) electrons. The summed E-state index contributed by atoms with van der Waals surface area (Å²) in [6, 6.07) is 15.2. The molecule has 1 atom stereocenters. The van der Waals surface area contributed by atoms with Gasteiger partial charge in [-0.15, -0.1) is 0 Å². The summed E-state index contributed by atoms with van der Waals surface area (Å²) in [4.78, 5) is 25.8. The van der Waals surface area contributed by atoms with E-state index in [0.717, 1.165) is 41.3 Å². The van der Waals surface area contributed by atoms with E-state index in [1.54, 1.807) is 23.8 Å². The van der Waals surface area contributed by atoms with Crippen LogP contribution in [0.4, 0.5) is 0 Å². The van der Waals surface area contributed by atoms with Crippen LogP contribution in [0.1, 0.15) is 40.9 Å². The standard InChI is InChI=1S/C27H29NO5/c1-19-23(17-27(30)33-18-22-10-6-7-15-32-22)24-16-21(31-2)12-13-25(24)28(19)26(29)14-11-20-8-4-3-5-9-20/h3-5,8-9,11-14,16,22H,6-7,10,15,17-18H2,1-2H3/b14-11+. The topological polar surface area (TPSA) is 66.8 Å². The molecule has 6 nitrogen and oxygen atoms in total. The van der Waals surface area contributed by atoms with Crippen LogP contribution in [0.3, 0.4) is 0 Å². The average molecular weight is 448 g/mol. The number of allylic oxidation sites excluding steroid dienone is 1. The number of carbonyl (C=O) groups excluding carboxylic acids is 2. The minimum Gasteiger partial charge on any atom is -0.497 e.